The summed E-state index contributed by atoms with van der Waals surface area (Å²) in [5.74, 6) is 4.45. The highest BCUT2D eigenvalue weighted by Gasteiger charge is 2.12. The second-order valence-corrected chi connectivity index (χ2v) is 3.61. The molecule has 0 bridgehead atoms. The number of nitrogens with one attached hydrogen (secondary N) is 1. The summed E-state index contributed by atoms with van der Waals surface area (Å²) >= 11 is 0. The number of aryl methyl sites for hydroxylation is 1. The molecule has 0 fully saturated rings. The predicted molar refractivity (Wildman–Crippen MR) is 63.5 cm³/mol. The van der Waals surface area contributed by atoms with Gasteiger partial charge in [0.1, 0.15) is 6.61 Å². The third-order valence-electron chi connectivity index (χ3n) is 2.14. The second-order valence-electron chi connectivity index (χ2n) is 3.61. The molecule has 0 aliphatic carbocycles. The minimum atomic E-state index is -2.59. The molecule has 2 N–H and O–H groups in total. The van der Waals surface area contributed by atoms with Gasteiger partial charge in [-0.05, 0) is 24.6 Å². The van der Waals surface area contributed by atoms with E-state index in [1.54, 1.807) is 12.1 Å². The van der Waals surface area contributed by atoms with Crippen LogP contribution in [-0.4, -0.2) is 30.6 Å². The lowest BCUT2D eigenvalue weighted by molar-refractivity contribution is 0.0891. The lowest BCUT2D eigenvalue weighted by atomic mass is 10.0. The normalized spacial score (nSPS) is 9.83. The van der Waals surface area contributed by atoms with Crippen molar-refractivity contribution in [3.63, 3.8) is 0 Å². The van der Waals surface area contributed by atoms with Crippen molar-refractivity contribution in [2.24, 2.45) is 0 Å². The molecule has 1 aromatic rings. The molecule has 0 atom stereocenters. The van der Waals surface area contributed by atoms with E-state index < -0.39 is 18.9 Å². The summed E-state index contributed by atoms with van der Waals surface area (Å²) in [5, 5.41) is 10.7. The van der Waals surface area contributed by atoms with Crippen LogP contribution in [0.25, 0.3) is 0 Å². The van der Waals surface area contributed by atoms with Gasteiger partial charge in [0.25, 0.3) is 12.3 Å². The molecule has 0 radical (unpaired) electrons. The average molecular weight is 253 g/mol. The summed E-state index contributed by atoms with van der Waals surface area (Å²) in [6.07, 6.45) is -2.59. The third-order valence-corrected chi connectivity index (χ3v) is 2.14. The van der Waals surface area contributed by atoms with Gasteiger partial charge in [-0.3, -0.25) is 4.79 Å². The summed E-state index contributed by atoms with van der Waals surface area (Å²) in [7, 11) is 0. The highest BCUT2D eigenvalue weighted by atomic mass is 19.3. The monoisotopic (exact) mass is 253 g/mol. The Hall–Kier alpha value is -1.93. The Morgan fingerprint density at radius 2 is 2.22 bits per heavy atom. The number of benzene rings is 1. The number of carbonyl (C=O) groups is 1. The number of rotatable bonds is 3. The molecule has 5 heteroatoms. The summed E-state index contributed by atoms with van der Waals surface area (Å²) in [5.41, 5.74) is 1.53. The van der Waals surface area contributed by atoms with Crippen molar-refractivity contribution >= 4 is 5.91 Å². The van der Waals surface area contributed by atoms with Crippen molar-refractivity contribution in [2.45, 2.75) is 13.3 Å². The van der Waals surface area contributed by atoms with E-state index in [1.165, 1.54) is 6.07 Å². The molecule has 1 aromatic carbocycles. The Balaban J connectivity index is 2.96. The minimum Gasteiger partial charge on any atom is -0.384 e. The lowest BCUT2D eigenvalue weighted by Crippen LogP contribution is -2.29. The van der Waals surface area contributed by atoms with Crippen LogP contribution in [0.4, 0.5) is 8.78 Å². The van der Waals surface area contributed by atoms with Gasteiger partial charge in [-0.1, -0.05) is 17.9 Å². The van der Waals surface area contributed by atoms with Crippen LogP contribution in [0.5, 0.6) is 0 Å². The first kappa shape index (κ1) is 14.1. The van der Waals surface area contributed by atoms with Gasteiger partial charge >= 0.3 is 0 Å². The zero-order valence-electron chi connectivity index (χ0n) is 9.84. The zero-order valence-corrected chi connectivity index (χ0v) is 9.84. The summed E-state index contributed by atoms with van der Waals surface area (Å²) in [6, 6.07) is 4.89. The van der Waals surface area contributed by atoms with Gasteiger partial charge in [0, 0.05) is 5.56 Å². The maximum atomic E-state index is 12.0. The van der Waals surface area contributed by atoms with E-state index in [4.69, 9.17) is 5.11 Å². The molecular weight excluding hydrogens is 240 g/mol. The molecule has 0 aliphatic rings. The molecule has 0 unspecified atom stereocenters. The fourth-order valence-electron chi connectivity index (χ4n) is 1.36. The Bertz CT molecular complexity index is 489. The Labute approximate surface area is 104 Å². The number of halogens is 2. The van der Waals surface area contributed by atoms with E-state index in [9.17, 15) is 13.6 Å². The second kappa shape index (κ2) is 6.72. The van der Waals surface area contributed by atoms with Gasteiger partial charge in [-0.2, -0.15) is 0 Å². The number of aliphatic hydroxyl groups excluding tert-OH is 1. The van der Waals surface area contributed by atoms with Crippen LogP contribution >= 0.6 is 0 Å². The quantitative estimate of drug-likeness (QED) is 0.798. The zero-order chi connectivity index (χ0) is 13.5. The minimum absolute atomic E-state index is 0.224. The highest BCUT2D eigenvalue weighted by molar-refractivity contribution is 5.96. The van der Waals surface area contributed by atoms with Gasteiger partial charge in [0.2, 0.25) is 0 Å². The number of aliphatic hydroxyl groups is 1. The van der Waals surface area contributed by atoms with Crippen LogP contribution < -0.4 is 5.32 Å². The van der Waals surface area contributed by atoms with Crippen LogP contribution in [0.2, 0.25) is 0 Å². The first-order chi connectivity index (χ1) is 8.54. The number of hydrogen-bond donors (Lipinski definition) is 2. The Kier molecular flexibility index (Phi) is 5.28. The third kappa shape index (κ3) is 4.15. The topological polar surface area (TPSA) is 49.3 Å². The van der Waals surface area contributed by atoms with Crippen molar-refractivity contribution < 1.29 is 18.7 Å². The van der Waals surface area contributed by atoms with Gasteiger partial charge in [-0.15, -0.1) is 0 Å². The van der Waals surface area contributed by atoms with Crippen LogP contribution in [0.15, 0.2) is 18.2 Å². The van der Waals surface area contributed by atoms with Gasteiger partial charge < -0.3 is 10.4 Å². The molecular formula is C13H13F2NO2. The average Bonchev–Trinajstić information content (AvgIpc) is 2.33. The standard InChI is InChI=1S/C13H13F2NO2/c1-9-4-5-11(10(7-9)3-2-6-17)13(18)16-8-12(14)15/h4-5,7,12,17H,6,8H2,1H3,(H,16,18). The molecule has 0 spiro atoms. The SMILES string of the molecule is Cc1ccc(C(=O)NCC(F)F)c(C#CCO)c1. The van der Waals surface area contributed by atoms with Crippen molar-refractivity contribution in [1.29, 1.82) is 0 Å². The number of amides is 1. The van der Waals surface area contributed by atoms with Crippen molar-refractivity contribution in [2.75, 3.05) is 13.2 Å². The Morgan fingerprint density at radius 3 is 2.83 bits per heavy atom. The smallest absolute Gasteiger partial charge is 0.255 e. The van der Waals surface area contributed by atoms with Crippen LogP contribution in [0.1, 0.15) is 21.5 Å². The first-order valence-electron chi connectivity index (χ1n) is 5.31. The number of carbonyl (C=O) groups excluding carboxylic acids is 1. The van der Waals surface area contributed by atoms with Gasteiger partial charge in [0.05, 0.1) is 12.1 Å². The Morgan fingerprint density at radius 1 is 1.50 bits per heavy atom. The van der Waals surface area contributed by atoms with Crippen molar-refractivity contribution in [3.8, 4) is 11.8 Å². The molecule has 0 heterocycles. The molecule has 0 aliphatic heterocycles. The van der Waals surface area contributed by atoms with E-state index in [0.717, 1.165) is 5.56 Å². The number of hydrogen-bond acceptors (Lipinski definition) is 2. The molecule has 0 aromatic heterocycles. The first-order valence-corrected chi connectivity index (χ1v) is 5.31. The van der Waals surface area contributed by atoms with Crippen LogP contribution in [0, 0.1) is 18.8 Å². The highest BCUT2D eigenvalue weighted by Crippen LogP contribution is 2.11. The van der Waals surface area contributed by atoms with Crippen molar-refractivity contribution in [1.82, 2.24) is 5.32 Å². The lowest BCUT2D eigenvalue weighted by Gasteiger charge is -2.07. The largest absolute Gasteiger partial charge is 0.384 e. The van der Waals surface area contributed by atoms with E-state index >= 15 is 0 Å². The molecule has 96 valence electrons. The summed E-state index contributed by atoms with van der Waals surface area (Å²) < 4.78 is 24.0. The van der Waals surface area contributed by atoms with E-state index in [1.807, 2.05) is 6.92 Å². The molecule has 3 nitrogen and oxygen atoms in total. The van der Waals surface area contributed by atoms with Gasteiger partial charge in [-0.25, -0.2) is 8.78 Å². The molecule has 0 saturated carbocycles. The van der Waals surface area contributed by atoms with E-state index in [2.05, 4.69) is 17.2 Å². The maximum absolute atomic E-state index is 12.0. The molecule has 18 heavy (non-hydrogen) atoms. The molecule has 1 amide bonds. The van der Waals surface area contributed by atoms with Gasteiger partial charge in [0.15, 0.2) is 0 Å². The maximum Gasteiger partial charge on any atom is 0.255 e. The fraction of sp³-hybridized carbons (Fsp3) is 0.308. The van der Waals surface area contributed by atoms with Crippen molar-refractivity contribution in [3.05, 3.63) is 34.9 Å². The van der Waals surface area contributed by atoms with Crippen LogP contribution in [0.3, 0.4) is 0 Å². The van der Waals surface area contributed by atoms with E-state index in [0.29, 0.717) is 5.56 Å². The molecule has 1 rings (SSSR count). The summed E-state index contributed by atoms with van der Waals surface area (Å²) in [6.45, 7) is 0.802. The fourth-order valence-corrected chi connectivity index (χ4v) is 1.36. The number of alkyl halides is 2. The molecule has 0 saturated heterocycles. The predicted octanol–water partition coefficient (Wildman–Crippen LogP) is 1.33. The van der Waals surface area contributed by atoms with E-state index in [-0.39, 0.29) is 12.2 Å². The van der Waals surface area contributed by atoms with Crippen LogP contribution in [-0.2, 0) is 0 Å². The summed E-state index contributed by atoms with van der Waals surface area (Å²) in [4.78, 5) is 11.7.